The Balaban J connectivity index is 1.84. The zero-order chi connectivity index (χ0) is 16.7. The summed E-state index contributed by atoms with van der Waals surface area (Å²) in [5, 5.41) is 12.1. The molecule has 3 heterocycles. The summed E-state index contributed by atoms with van der Waals surface area (Å²) in [6.45, 7) is 1.70. The zero-order valence-corrected chi connectivity index (χ0v) is 13.8. The average molecular weight is 342 g/mol. The van der Waals surface area contributed by atoms with Crippen LogP contribution in [0, 0.1) is 17.0 Å². The molecule has 8 heteroatoms. The molecule has 7 nitrogen and oxygen atoms in total. The van der Waals surface area contributed by atoms with Gasteiger partial charge in [-0.05, 0) is 53.3 Å². The Bertz CT molecular complexity index is 954. The minimum atomic E-state index is -0.538. The highest BCUT2D eigenvalue weighted by molar-refractivity contribution is 7.18. The molecule has 3 aromatic rings. The van der Waals surface area contributed by atoms with Gasteiger partial charge >= 0.3 is 5.82 Å². The van der Waals surface area contributed by atoms with Crippen molar-refractivity contribution in [1.82, 2.24) is 15.0 Å². The van der Waals surface area contributed by atoms with Crippen LogP contribution in [0.25, 0.3) is 10.2 Å². The molecule has 0 radical (unpaired) electrons. The van der Waals surface area contributed by atoms with E-state index in [0.29, 0.717) is 11.6 Å². The number of aryl methyl sites for hydroxylation is 3. The molecule has 0 amide bonds. The van der Waals surface area contributed by atoms with Gasteiger partial charge in [0.2, 0.25) is 11.6 Å². The van der Waals surface area contributed by atoms with Crippen molar-refractivity contribution in [2.75, 3.05) is 0 Å². The lowest BCUT2D eigenvalue weighted by Gasteiger charge is -2.11. The van der Waals surface area contributed by atoms with E-state index in [1.165, 1.54) is 23.2 Å². The Morgan fingerprint density at radius 1 is 1.25 bits per heavy atom. The lowest BCUT2D eigenvalue weighted by Crippen LogP contribution is -2.01. The highest BCUT2D eigenvalue weighted by Gasteiger charge is 2.24. The van der Waals surface area contributed by atoms with Crippen LogP contribution in [0.15, 0.2) is 18.5 Å². The molecule has 0 saturated heterocycles. The topological polar surface area (TPSA) is 91.0 Å². The Morgan fingerprint density at radius 3 is 2.92 bits per heavy atom. The van der Waals surface area contributed by atoms with E-state index in [-0.39, 0.29) is 11.6 Å². The molecule has 0 aliphatic heterocycles. The molecule has 122 valence electrons. The van der Waals surface area contributed by atoms with Gasteiger partial charge in [-0.25, -0.2) is 9.97 Å². The van der Waals surface area contributed by atoms with E-state index in [1.54, 1.807) is 30.4 Å². The first-order valence-electron chi connectivity index (χ1n) is 7.68. The van der Waals surface area contributed by atoms with Crippen molar-refractivity contribution < 1.29 is 9.66 Å². The quantitative estimate of drug-likeness (QED) is 0.528. The maximum Gasteiger partial charge on any atom is 0.407 e. The molecule has 1 aliphatic carbocycles. The number of fused-ring (bicyclic) bond motifs is 3. The number of rotatable bonds is 3. The SMILES string of the molecule is Cc1ccc(Oc2ncnc3sc4c(c23)CCCC4)c([N+](=O)[O-])n1. The fourth-order valence-corrected chi connectivity index (χ4v) is 4.20. The largest absolute Gasteiger partial charge is 0.429 e. The lowest BCUT2D eigenvalue weighted by atomic mass is 9.97. The van der Waals surface area contributed by atoms with Crippen LogP contribution < -0.4 is 4.74 Å². The standard InChI is InChI=1S/C16H14N4O3S/c1-9-6-7-11(14(19-9)20(21)22)23-15-13-10-4-2-3-5-12(10)24-16(13)18-8-17-15/h6-8H,2-5H2,1H3. The third-order valence-electron chi connectivity index (χ3n) is 4.07. The molecule has 0 unspecified atom stereocenters. The molecule has 0 aromatic carbocycles. The molecule has 0 fully saturated rings. The molecular formula is C16H14N4O3S. The summed E-state index contributed by atoms with van der Waals surface area (Å²) in [7, 11) is 0. The molecule has 1 aliphatic rings. The molecule has 0 atom stereocenters. The lowest BCUT2D eigenvalue weighted by molar-refractivity contribution is -0.390. The Hall–Kier alpha value is -2.61. The van der Waals surface area contributed by atoms with Crippen LogP contribution in [0.4, 0.5) is 5.82 Å². The summed E-state index contributed by atoms with van der Waals surface area (Å²) >= 11 is 1.66. The number of ether oxygens (including phenoxy) is 1. The van der Waals surface area contributed by atoms with Crippen LogP contribution in [0.3, 0.4) is 0 Å². The summed E-state index contributed by atoms with van der Waals surface area (Å²) in [4.78, 5) is 25.4. The molecular weight excluding hydrogens is 328 g/mol. The van der Waals surface area contributed by atoms with Gasteiger partial charge in [0.05, 0.1) is 5.39 Å². The van der Waals surface area contributed by atoms with E-state index < -0.39 is 4.92 Å². The molecule has 0 bridgehead atoms. The molecule has 24 heavy (non-hydrogen) atoms. The summed E-state index contributed by atoms with van der Waals surface area (Å²) in [5.74, 6) is 0.167. The van der Waals surface area contributed by atoms with Gasteiger partial charge in [0.25, 0.3) is 0 Å². The zero-order valence-electron chi connectivity index (χ0n) is 13.0. The Labute approximate surface area is 141 Å². The van der Waals surface area contributed by atoms with E-state index in [9.17, 15) is 10.1 Å². The fourth-order valence-electron chi connectivity index (χ4n) is 2.98. The van der Waals surface area contributed by atoms with Gasteiger partial charge < -0.3 is 14.9 Å². The van der Waals surface area contributed by atoms with Gasteiger partial charge in [-0.1, -0.05) is 0 Å². The normalized spacial score (nSPS) is 13.7. The average Bonchev–Trinajstić information content (AvgIpc) is 2.95. The van der Waals surface area contributed by atoms with Crippen molar-refractivity contribution in [2.45, 2.75) is 32.6 Å². The highest BCUT2D eigenvalue weighted by Crippen LogP contribution is 2.41. The monoisotopic (exact) mass is 342 g/mol. The van der Waals surface area contributed by atoms with E-state index >= 15 is 0 Å². The third kappa shape index (κ3) is 2.48. The predicted molar refractivity (Wildman–Crippen MR) is 89.8 cm³/mol. The van der Waals surface area contributed by atoms with Crippen LogP contribution in [0.5, 0.6) is 11.6 Å². The predicted octanol–water partition coefficient (Wildman–Crippen LogP) is 3.97. The number of nitrogens with zero attached hydrogens (tertiary/aromatic N) is 4. The van der Waals surface area contributed by atoms with Crippen molar-refractivity contribution >= 4 is 27.4 Å². The summed E-state index contributed by atoms with van der Waals surface area (Å²) in [6.07, 6.45) is 5.75. The van der Waals surface area contributed by atoms with Crippen molar-refractivity contribution in [3.63, 3.8) is 0 Å². The second-order valence-corrected chi connectivity index (χ2v) is 6.79. The van der Waals surface area contributed by atoms with Gasteiger partial charge in [0.1, 0.15) is 16.9 Å². The second kappa shape index (κ2) is 5.79. The van der Waals surface area contributed by atoms with Crippen molar-refractivity contribution in [3.05, 3.63) is 44.7 Å². The number of thiophene rings is 1. The first kappa shape index (κ1) is 14.9. The minimum Gasteiger partial charge on any atom is -0.429 e. The highest BCUT2D eigenvalue weighted by atomic mass is 32.1. The first-order chi connectivity index (χ1) is 11.6. The summed E-state index contributed by atoms with van der Waals surface area (Å²) in [5.41, 5.74) is 1.79. The number of aromatic nitrogens is 3. The van der Waals surface area contributed by atoms with E-state index in [0.717, 1.165) is 29.5 Å². The Morgan fingerprint density at radius 2 is 2.08 bits per heavy atom. The summed E-state index contributed by atoms with van der Waals surface area (Å²) < 4.78 is 5.81. The third-order valence-corrected chi connectivity index (χ3v) is 5.27. The van der Waals surface area contributed by atoms with Crippen molar-refractivity contribution in [1.29, 1.82) is 0 Å². The van der Waals surface area contributed by atoms with Crippen LogP contribution >= 0.6 is 11.3 Å². The van der Waals surface area contributed by atoms with Crippen LogP contribution in [0.1, 0.15) is 29.0 Å². The van der Waals surface area contributed by atoms with Crippen LogP contribution in [-0.4, -0.2) is 19.9 Å². The summed E-state index contributed by atoms with van der Waals surface area (Å²) in [6, 6.07) is 3.25. The minimum absolute atomic E-state index is 0.0985. The van der Waals surface area contributed by atoms with E-state index in [1.807, 2.05) is 0 Å². The van der Waals surface area contributed by atoms with Gasteiger partial charge in [-0.2, -0.15) is 0 Å². The second-order valence-electron chi connectivity index (χ2n) is 5.70. The van der Waals surface area contributed by atoms with Gasteiger partial charge in [-0.15, -0.1) is 11.3 Å². The number of nitro groups is 1. The number of hydrogen-bond acceptors (Lipinski definition) is 7. The maximum atomic E-state index is 11.2. The van der Waals surface area contributed by atoms with Gasteiger partial charge in [-0.3, -0.25) is 0 Å². The van der Waals surface area contributed by atoms with E-state index in [2.05, 4.69) is 15.0 Å². The number of pyridine rings is 1. The fraction of sp³-hybridized carbons (Fsp3) is 0.312. The molecule has 0 N–H and O–H groups in total. The first-order valence-corrected chi connectivity index (χ1v) is 8.50. The van der Waals surface area contributed by atoms with Crippen LogP contribution in [0.2, 0.25) is 0 Å². The van der Waals surface area contributed by atoms with Gasteiger partial charge in [0, 0.05) is 11.8 Å². The number of hydrogen-bond donors (Lipinski definition) is 0. The Kier molecular flexibility index (Phi) is 3.61. The smallest absolute Gasteiger partial charge is 0.407 e. The molecule has 4 rings (SSSR count). The maximum absolute atomic E-state index is 11.2. The molecule has 0 spiro atoms. The molecule has 3 aromatic heterocycles. The van der Waals surface area contributed by atoms with Crippen molar-refractivity contribution in [3.8, 4) is 11.6 Å². The molecule has 0 saturated carbocycles. The van der Waals surface area contributed by atoms with Crippen LogP contribution in [-0.2, 0) is 12.8 Å². The van der Waals surface area contributed by atoms with E-state index in [4.69, 9.17) is 4.74 Å². The van der Waals surface area contributed by atoms with Gasteiger partial charge in [0.15, 0.2) is 0 Å². The van der Waals surface area contributed by atoms with Crippen molar-refractivity contribution in [2.24, 2.45) is 0 Å².